The zero-order chi connectivity index (χ0) is 12.4. The average molecular weight is 299 g/mol. The maximum atomic E-state index is 3.64. The van der Waals surface area contributed by atoms with Gasteiger partial charge in [0.15, 0.2) is 12.7 Å². The predicted octanol–water partition coefficient (Wildman–Crippen LogP) is 3.94. The Labute approximate surface area is 115 Å². The molecule has 0 saturated carbocycles. The van der Waals surface area contributed by atoms with E-state index in [2.05, 4.69) is 81.3 Å². The first kappa shape index (κ1) is 11.4. The van der Waals surface area contributed by atoms with Crippen molar-refractivity contribution in [1.82, 2.24) is 0 Å². The van der Waals surface area contributed by atoms with Crippen molar-refractivity contribution < 1.29 is 4.57 Å². The zero-order valence-corrected chi connectivity index (χ0v) is 11.5. The molecule has 0 bridgehead atoms. The Bertz CT molecular complexity index is 677. The molecular formula is C16H13BrN+. The summed E-state index contributed by atoms with van der Waals surface area (Å²) in [6.07, 6.45) is 2.19. The van der Waals surface area contributed by atoms with Crippen LogP contribution in [0.1, 0.15) is 5.56 Å². The Kier molecular flexibility index (Phi) is 3.11. The zero-order valence-electron chi connectivity index (χ0n) is 9.88. The molecule has 3 rings (SSSR count). The van der Waals surface area contributed by atoms with Gasteiger partial charge in [-0.3, -0.25) is 0 Å². The molecule has 0 spiro atoms. The Morgan fingerprint density at radius 2 is 1.50 bits per heavy atom. The van der Waals surface area contributed by atoms with E-state index in [9.17, 15) is 0 Å². The van der Waals surface area contributed by atoms with Gasteiger partial charge in [0, 0.05) is 32.9 Å². The molecule has 0 aliphatic rings. The molecule has 0 radical (unpaired) electrons. The lowest BCUT2D eigenvalue weighted by Gasteiger charge is -2.02. The van der Waals surface area contributed by atoms with E-state index in [1.54, 1.807) is 0 Å². The lowest BCUT2D eigenvalue weighted by Crippen LogP contribution is -2.35. The molecule has 0 unspecified atom stereocenters. The second-order valence-electron chi connectivity index (χ2n) is 4.34. The molecule has 1 nitrogen and oxygen atoms in total. The quantitative estimate of drug-likeness (QED) is 0.498. The monoisotopic (exact) mass is 298 g/mol. The van der Waals surface area contributed by atoms with Crippen LogP contribution in [0.3, 0.4) is 0 Å². The van der Waals surface area contributed by atoms with Crippen LogP contribution in [0.15, 0.2) is 71.5 Å². The first-order valence-corrected chi connectivity index (χ1v) is 6.74. The largest absolute Gasteiger partial charge is 0.248 e. The molecule has 3 aromatic rings. The summed E-state index contributed by atoms with van der Waals surface area (Å²) in [6.45, 7) is 0.881. The second-order valence-corrected chi connectivity index (χ2v) is 5.15. The van der Waals surface area contributed by atoms with Crippen LogP contribution in [0, 0.1) is 0 Å². The first-order valence-electron chi connectivity index (χ1n) is 5.94. The molecule has 2 heteroatoms. The SMILES string of the molecule is Brc1cc2ccccc2c[n+]1Cc1ccccc1. The van der Waals surface area contributed by atoms with E-state index >= 15 is 0 Å². The highest BCUT2D eigenvalue weighted by atomic mass is 79.9. The van der Waals surface area contributed by atoms with Crippen LogP contribution in [0.2, 0.25) is 0 Å². The molecule has 0 aliphatic heterocycles. The van der Waals surface area contributed by atoms with Crippen LogP contribution < -0.4 is 4.57 Å². The maximum Gasteiger partial charge on any atom is 0.248 e. The molecule has 0 saturated heterocycles. The van der Waals surface area contributed by atoms with Gasteiger partial charge < -0.3 is 0 Å². The van der Waals surface area contributed by atoms with Gasteiger partial charge in [0.2, 0.25) is 4.60 Å². The molecule has 0 N–H and O–H groups in total. The predicted molar refractivity (Wildman–Crippen MR) is 77.4 cm³/mol. The maximum absolute atomic E-state index is 3.64. The third-order valence-corrected chi connectivity index (χ3v) is 3.72. The van der Waals surface area contributed by atoms with E-state index in [1.807, 2.05) is 6.07 Å². The molecule has 1 aromatic heterocycles. The van der Waals surface area contributed by atoms with Crippen LogP contribution in [0.4, 0.5) is 0 Å². The van der Waals surface area contributed by atoms with Crippen LogP contribution in [0.25, 0.3) is 10.8 Å². The summed E-state index contributed by atoms with van der Waals surface area (Å²) in [4.78, 5) is 0. The molecule has 2 aromatic carbocycles. The fourth-order valence-corrected chi connectivity index (χ4v) is 2.58. The van der Waals surface area contributed by atoms with Gasteiger partial charge >= 0.3 is 0 Å². The molecule has 1 heterocycles. The summed E-state index contributed by atoms with van der Waals surface area (Å²) in [6, 6.07) is 21.1. The minimum absolute atomic E-state index is 0.881. The minimum Gasteiger partial charge on any atom is -0.188 e. The van der Waals surface area contributed by atoms with Gasteiger partial charge in [-0.15, -0.1) is 0 Å². The standard InChI is InChI=1S/C16H13BrN/c17-16-10-14-8-4-5-9-15(14)12-18(16)11-13-6-2-1-3-7-13/h1-10,12H,11H2/q+1. The molecule has 18 heavy (non-hydrogen) atoms. The number of rotatable bonds is 2. The van der Waals surface area contributed by atoms with E-state index in [4.69, 9.17) is 0 Å². The van der Waals surface area contributed by atoms with E-state index in [1.165, 1.54) is 16.3 Å². The lowest BCUT2D eigenvalue weighted by molar-refractivity contribution is -0.697. The topological polar surface area (TPSA) is 3.88 Å². The fraction of sp³-hybridized carbons (Fsp3) is 0.0625. The minimum atomic E-state index is 0.881. The highest BCUT2D eigenvalue weighted by molar-refractivity contribution is 9.10. The number of benzene rings is 2. The lowest BCUT2D eigenvalue weighted by atomic mass is 10.1. The van der Waals surface area contributed by atoms with Gasteiger partial charge in [-0.1, -0.05) is 48.5 Å². The van der Waals surface area contributed by atoms with Crippen molar-refractivity contribution in [2.45, 2.75) is 6.54 Å². The third-order valence-electron chi connectivity index (χ3n) is 3.04. The fourth-order valence-electron chi connectivity index (χ4n) is 2.10. The molecule has 88 valence electrons. The normalized spacial score (nSPS) is 10.7. The number of halogens is 1. The van der Waals surface area contributed by atoms with Crippen LogP contribution in [-0.2, 0) is 6.54 Å². The van der Waals surface area contributed by atoms with Gasteiger partial charge in [0.1, 0.15) is 0 Å². The highest BCUT2D eigenvalue weighted by Gasteiger charge is 2.10. The number of fused-ring (bicyclic) bond motifs is 1. The van der Waals surface area contributed by atoms with E-state index in [-0.39, 0.29) is 0 Å². The number of nitrogens with zero attached hydrogens (tertiary/aromatic N) is 1. The second kappa shape index (κ2) is 4.91. The molecule has 0 fully saturated rings. The number of hydrogen-bond acceptors (Lipinski definition) is 0. The van der Waals surface area contributed by atoms with Gasteiger partial charge in [0.05, 0.1) is 0 Å². The summed E-state index contributed by atoms with van der Waals surface area (Å²) < 4.78 is 3.32. The number of pyridine rings is 1. The van der Waals surface area contributed by atoms with Gasteiger partial charge in [-0.05, 0) is 11.5 Å². The van der Waals surface area contributed by atoms with Crippen molar-refractivity contribution in [3.8, 4) is 0 Å². The van der Waals surface area contributed by atoms with Crippen molar-refractivity contribution >= 4 is 26.7 Å². The third kappa shape index (κ3) is 2.29. The van der Waals surface area contributed by atoms with Crippen LogP contribution >= 0.6 is 15.9 Å². The van der Waals surface area contributed by atoms with Crippen molar-refractivity contribution in [1.29, 1.82) is 0 Å². The van der Waals surface area contributed by atoms with E-state index < -0.39 is 0 Å². The molecule has 0 amide bonds. The smallest absolute Gasteiger partial charge is 0.188 e. The Balaban J connectivity index is 2.04. The highest BCUT2D eigenvalue weighted by Crippen LogP contribution is 2.16. The van der Waals surface area contributed by atoms with E-state index in [0.29, 0.717) is 0 Å². The van der Waals surface area contributed by atoms with Crippen LogP contribution in [0.5, 0.6) is 0 Å². The first-order chi connectivity index (χ1) is 8.83. The summed E-state index contributed by atoms with van der Waals surface area (Å²) in [7, 11) is 0. The van der Waals surface area contributed by atoms with Crippen molar-refractivity contribution in [2.75, 3.05) is 0 Å². The van der Waals surface area contributed by atoms with Crippen molar-refractivity contribution in [3.05, 3.63) is 77.0 Å². The number of aromatic nitrogens is 1. The molecule has 0 aliphatic carbocycles. The van der Waals surface area contributed by atoms with Crippen LogP contribution in [-0.4, -0.2) is 0 Å². The summed E-state index contributed by atoms with van der Waals surface area (Å²) >= 11 is 3.64. The van der Waals surface area contributed by atoms with Crippen molar-refractivity contribution in [3.63, 3.8) is 0 Å². The summed E-state index contributed by atoms with van der Waals surface area (Å²) in [5.41, 5.74) is 1.30. The Hall–Kier alpha value is -1.67. The molecular weight excluding hydrogens is 286 g/mol. The van der Waals surface area contributed by atoms with Gasteiger partial charge in [-0.2, -0.15) is 4.57 Å². The number of hydrogen-bond donors (Lipinski definition) is 0. The Morgan fingerprint density at radius 3 is 2.28 bits per heavy atom. The van der Waals surface area contributed by atoms with Gasteiger partial charge in [0.25, 0.3) is 0 Å². The average Bonchev–Trinajstić information content (AvgIpc) is 2.41. The van der Waals surface area contributed by atoms with Crippen molar-refractivity contribution in [2.24, 2.45) is 0 Å². The molecule has 0 atom stereocenters. The Morgan fingerprint density at radius 1 is 0.833 bits per heavy atom. The summed E-state index contributed by atoms with van der Waals surface area (Å²) in [5.74, 6) is 0. The van der Waals surface area contributed by atoms with Gasteiger partial charge in [-0.25, -0.2) is 0 Å². The van der Waals surface area contributed by atoms with E-state index in [0.717, 1.165) is 11.1 Å². The summed E-state index contributed by atoms with van der Waals surface area (Å²) in [5, 5.41) is 2.52.